The van der Waals surface area contributed by atoms with E-state index in [4.69, 9.17) is 10.5 Å². The Balaban J connectivity index is 2.14. The molecule has 0 aromatic heterocycles. The van der Waals surface area contributed by atoms with E-state index in [1.807, 2.05) is 48.5 Å². The van der Waals surface area contributed by atoms with Crippen LogP contribution in [0.1, 0.15) is 37.9 Å². The highest BCUT2D eigenvalue weighted by molar-refractivity contribution is 5.88. The number of rotatable bonds is 6. The summed E-state index contributed by atoms with van der Waals surface area (Å²) in [7, 11) is 0. The minimum Gasteiger partial charge on any atom is -0.458 e. The first-order chi connectivity index (χ1) is 12.3. The highest BCUT2D eigenvalue weighted by atomic mass is 16.6. The second kappa shape index (κ2) is 8.63. The van der Waals surface area contributed by atoms with Gasteiger partial charge in [-0.2, -0.15) is 0 Å². The molecule has 0 heterocycles. The van der Waals surface area contributed by atoms with Crippen molar-refractivity contribution in [2.75, 3.05) is 0 Å². The first kappa shape index (κ1) is 19.7. The molecule has 5 nitrogen and oxygen atoms in total. The fourth-order valence-corrected chi connectivity index (χ4v) is 2.49. The van der Waals surface area contributed by atoms with Gasteiger partial charge in [-0.3, -0.25) is 4.79 Å². The van der Waals surface area contributed by atoms with Crippen LogP contribution in [0.3, 0.4) is 0 Å². The van der Waals surface area contributed by atoms with Gasteiger partial charge in [-0.25, -0.2) is 4.79 Å². The van der Waals surface area contributed by atoms with Crippen molar-refractivity contribution >= 4 is 11.9 Å². The second-order valence-electron chi connectivity index (χ2n) is 7.17. The molecule has 26 heavy (non-hydrogen) atoms. The van der Waals surface area contributed by atoms with Crippen molar-refractivity contribution in [2.24, 2.45) is 5.73 Å². The molecule has 0 saturated heterocycles. The Bertz CT molecular complexity index is 724. The summed E-state index contributed by atoms with van der Waals surface area (Å²) < 4.78 is 5.46. The molecule has 138 valence electrons. The van der Waals surface area contributed by atoms with Gasteiger partial charge in [0.1, 0.15) is 17.7 Å². The molecule has 1 amide bonds. The van der Waals surface area contributed by atoms with Crippen LogP contribution in [0.4, 0.5) is 0 Å². The van der Waals surface area contributed by atoms with Gasteiger partial charge in [0.15, 0.2) is 0 Å². The standard InChI is InChI=1S/C21H26N2O3/c1-21(2,3)26-20(25)17(14-15-10-6-4-7-11-15)23-19(24)18(22)16-12-8-5-9-13-16/h4-13,17-18H,14,22H2,1-3H3,(H,23,24)/t17-,18+/m0/s1. The zero-order valence-electron chi connectivity index (χ0n) is 15.4. The molecule has 5 heteroatoms. The van der Waals surface area contributed by atoms with E-state index in [2.05, 4.69) is 5.32 Å². The number of amides is 1. The van der Waals surface area contributed by atoms with Crippen molar-refractivity contribution in [1.29, 1.82) is 0 Å². The lowest BCUT2D eigenvalue weighted by Crippen LogP contribution is -2.48. The molecule has 0 aliphatic rings. The SMILES string of the molecule is CC(C)(C)OC(=O)[C@H](Cc1ccccc1)NC(=O)[C@H](N)c1ccccc1. The van der Waals surface area contributed by atoms with Crippen LogP contribution in [0.2, 0.25) is 0 Å². The predicted molar refractivity (Wildman–Crippen MR) is 101 cm³/mol. The van der Waals surface area contributed by atoms with Crippen LogP contribution in [-0.4, -0.2) is 23.5 Å². The average Bonchev–Trinajstić information content (AvgIpc) is 2.60. The van der Waals surface area contributed by atoms with Crippen LogP contribution >= 0.6 is 0 Å². The average molecular weight is 354 g/mol. The summed E-state index contributed by atoms with van der Waals surface area (Å²) in [6.45, 7) is 5.38. The van der Waals surface area contributed by atoms with E-state index >= 15 is 0 Å². The van der Waals surface area contributed by atoms with Crippen molar-refractivity contribution in [3.8, 4) is 0 Å². The lowest BCUT2D eigenvalue weighted by atomic mass is 10.0. The highest BCUT2D eigenvalue weighted by Gasteiger charge is 2.28. The monoisotopic (exact) mass is 354 g/mol. The van der Waals surface area contributed by atoms with Gasteiger partial charge in [-0.15, -0.1) is 0 Å². The Morgan fingerprint density at radius 1 is 1.00 bits per heavy atom. The molecule has 2 atom stereocenters. The smallest absolute Gasteiger partial charge is 0.329 e. The van der Waals surface area contributed by atoms with E-state index in [-0.39, 0.29) is 0 Å². The Morgan fingerprint density at radius 2 is 1.54 bits per heavy atom. The number of hydrogen-bond donors (Lipinski definition) is 2. The normalized spacial score (nSPS) is 13.5. The zero-order chi connectivity index (χ0) is 19.2. The quantitative estimate of drug-likeness (QED) is 0.782. The van der Waals surface area contributed by atoms with Gasteiger partial charge in [-0.05, 0) is 31.9 Å². The van der Waals surface area contributed by atoms with Crippen LogP contribution in [0, 0.1) is 0 Å². The predicted octanol–water partition coefficient (Wildman–Crippen LogP) is 2.76. The van der Waals surface area contributed by atoms with Crippen LogP contribution in [0.15, 0.2) is 60.7 Å². The van der Waals surface area contributed by atoms with Gasteiger partial charge in [-0.1, -0.05) is 60.7 Å². The molecule has 0 aliphatic carbocycles. The van der Waals surface area contributed by atoms with Gasteiger partial charge in [0, 0.05) is 6.42 Å². The summed E-state index contributed by atoms with van der Waals surface area (Å²) >= 11 is 0. The van der Waals surface area contributed by atoms with Gasteiger partial charge in [0.05, 0.1) is 0 Å². The Morgan fingerprint density at radius 3 is 2.08 bits per heavy atom. The summed E-state index contributed by atoms with van der Waals surface area (Å²) in [5.41, 5.74) is 7.02. The number of nitrogens with two attached hydrogens (primary N) is 1. The topological polar surface area (TPSA) is 81.4 Å². The molecular weight excluding hydrogens is 328 g/mol. The number of hydrogen-bond acceptors (Lipinski definition) is 4. The molecule has 0 aliphatic heterocycles. The molecule has 0 bridgehead atoms. The summed E-state index contributed by atoms with van der Waals surface area (Å²) in [6.07, 6.45) is 0.336. The first-order valence-corrected chi connectivity index (χ1v) is 8.64. The first-order valence-electron chi connectivity index (χ1n) is 8.64. The number of ether oxygens (including phenoxy) is 1. The van der Waals surface area contributed by atoms with Crippen molar-refractivity contribution in [1.82, 2.24) is 5.32 Å². The Labute approximate surface area is 154 Å². The van der Waals surface area contributed by atoms with Crippen molar-refractivity contribution in [3.63, 3.8) is 0 Å². The molecule has 0 unspecified atom stereocenters. The summed E-state index contributed by atoms with van der Waals surface area (Å²) in [5, 5.41) is 2.75. The van der Waals surface area contributed by atoms with E-state index in [0.29, 0.717) is 12.0 Å². The van der Waals surface area contributed by atoms with E-state index < -0.39 is 29.6 Å². The second-order valence-corrected chi connectivity index (χ2v) is 7.17. The third-order valence-corrected chi connectivity index (χ3v) is 3.73. The number of carbonyl (C=O) groups excluding carboxylic acids is 2. The third-order valence-electron chi connectivity index (χ3n) is 3.73. The fraction of sp³-hybridized carbons (Fsp3) is 0.333. The maximum atomic E-state index is 12.6. The van der Waals surface area contributed by atoms with Crippen LogP contribution in [-0.2, 0) is 20.7 Å². The van der Waals surface area contributed by atoms with Gasteiger partial charge in [0.2, 0.25) is 5.91 Å². The molecule has 0 fully saturated rings. The maximum Gasteiger partial charge on any atom is 0.329 e. The maximum absolute atomic E-state index is 12.6. The Kier molecular flexibility index (Phi) is 6.52. The molecule has 2 aromatic carbocycles. The van der Waals surface area contributed by atoms with Crippen LogP contribution in [0.5, 0.6) is 0 Å². The molecule has 2 rings (SSSR count). The minimum atomic E-state index is -0.850. The van der Waals surface area contributed by atoms with Gasteiger partial charge < -0.3 is 15.8 Å². The van der Waals surface area contributed by atoms with Crippen molar-refractivity contribution in [2.45, 2.75) is 44.9 Å². The summed E-state index contributed by atoms with van der Waals surface area (Å²) in [5.74, 6) is -0.891. The zero-order valence-corrected chi connectivity index (χ0v) is 15.4. The van der Waals surface area contributed by atoms with Crippen molar-refractivity contribution in [3.05, 3.63) is 71.8 Å². The molecule has 0 saturated carbocycles. The number of carbonyl (C=O) groups is 2. The summed E-state index contributed by atoms with van der Waals surface area (Å²) in [4.78, 5) is 25.2. The van der Waals surface area contributed by atoms with Crippen molar-refractivity contribution < 1.29 is 14.3 Å². The van der Waals surface area contributed by atoms with E-state index in [0.717, 1.165) is 5.56 Å². The Hall–Kier alpha value is -2.66. The highest BCUT2D eigenvalue weighted by Crippen LogP contribution is 2.14. The van der Waals surface area contributed by atoms with Gasteiger partial charge >= 0.3 is 5.97 Å². The largest absolute Gasteiger partial charge is 0.458 e. The third kappa shape index (κ3) is 6.01. The summed E-state index contributed by atoms with van der Waals surface area (Å²) in [6, 6.07) is 16.9. The molecular formula is C21H26N2O3. The lowest BCUT2D eigenvalue weighted by Gasteiger charge is -2.25. The fourth-order valence-electron chi connectivity index (χ4n) is 2.49. The van der Waals surface area contributed by atoms with Crippen LogP contribution in [0.25, 0.3) is 0 Å². The number of nitrogens with one attached hydrogen (secondary N) is 1. The molecule has 0 spiro atoms. The van der Waals surface area contributed by atoms with Gasteiger partial charge in [0.25, 0.3) is 0 Å². The number of benzene rings is 2. The number of esters is 1. The molecule has 2 aromatic rings. The molecule has 3 N–H and O–H groups in total. The van der Waals surface area contributed by atoms with E-state index in [1.165, 1.54) is 0 Å². The minimum absolute atomic E-state index is 0.336. The van der Waals surface area contributed by atoms with Crippen LogP contribution < -0.4 is 11.1 Å². The lowest BCUT2D eigenvalue weighted by molar-refractivity contribution is -0.158. The molecule has 0 radical (unpaired) electrons. The van der Waals surface area contributed by atoms with E-state index in [9.17, 15) is 9.59 Å². The van der Waals surface area contributed by atoms with E-state index in [1.54, 1.807) is 32.9 Å².